The molecule has 1 unspecified atom stereocenters. The molecular weight excluding hydrogens is 186 g/mol. The first-order valence-electron chi connectivity index (χ1n) is 5.37. The Balaban J connectivity index is 2.42. The van der Waals surface area contributed by atoms with Gasteiger partial charge in [-0.1, -0.05) is 30.3 Å². The third kappa shape index (κ3) is 1.18. The zero-order valence-electron chi connectivity index (χ0n) is 8.97. The van der Waals surface area contributed by atoms with E-state index in [9.17, 15) is 4.79 Å². The van der Waals surface area contributed by atoms with Crippen LogP contribution in [0.2, 0.25) is 0 Å². The van der Waals surface area contributed by atoms with Crippen LogP contribution in [0.1, 0.15) is 23.8 Å². The van der Waals surface area contributed by atoms with Gasteiger partial charge in [-0.25, -0.2) is 0 Å². The predicted octanol–water partition coefficient (Wildman–Crippen LogP) is 2.83. The van der Waals surface area contributed by atoms with Gasteiger partial charge in [0.2, 0.25) is 0 Å². The first-order valence-corrected chi connectivity index (χ1v) is 4.80. The number of carbonyl (C=O) groups is 1. The van der Waals surface area contributed by atoms with E-state index in [0.29, 0.717) is 11.3 Å². The van der Waals surface area contributed by atoms with E-state index in [2.05, 4.69) is 4.98 Å². The van der Waals surface area contributed by atoms with E-state index in [-0.39, 0.29) is 5.78 Å². The maximum absolute atomic E-state index is 12.0. The number of Topliss-reactive ketones (excluding diaryl/α,β-unsaturated/α-hetero) is 1. The average Bonchev–Trinajstić information content (AvgIpc) is 2.33. The van der Waals surface area contributed by atoms with Gasteiger partial charge in [0.1, 0.15) is 0 Å². The number of allylic oxidation sites excluding steroid dienone is 1. The van der Waals surface area contributed by atoms with Crippen molar-refractivity contribution in [3.8, 4) is 0 Å². The summed E-state index contributed by atoms with van der Waals surface area (Å²) in [7, 11) is 0. The highest BCUT2D eigenvalue weighted by atomic mass is 16.1. The number of hydrogen-bond acceptors (Lipinski definition) is 2. The Kier molecular flexibility index (Phi) is 1.48. The van der Waals surface area contributed by atoms with Crippen molar-refractivity contribution in [2.45, 2.75) is 6.40 Å². The Morgan fingerprint density at radius 3 is 3.13 bits per heavy atom. The van der Waals surface area contributed by atoms with Crippen molar-refractivity contribution in [2.24, 2.45) is 0 Å². The van der Waals surface area contributed by atoms with Crippen LogP contribution in [0.25, 0.3) is 16.8 Å². The highest BCUT2D eigenvalue weighted by molar-refractivity contribution is 6.12. The zero-order chi connectivity index (χ0) is 11.1. The van der Waals surface area contributed by atoms with Crippen LogP contribution in [-0.4, -0.2) is 10.8 Å². The number of pyridine rings is 1. The minimum atomic E-state index is -0.792. The Morgan fingerprint density at radius 1 is 1.33 bits per heavy atom. The number of fused-ring (bicyclic) bond motifs is 3. The molecule has 1 aromatic heterocycles. The quantitative estimate of drug-likeness (QED) is 0.648. The summed E-state index contributed by atoms with van der Waals surface area (Å²) >= 11 is 0. The van der Waals surface area contributed by atoms with Crippen molar-refractivity contribution in [2.75, 3.05) is 0 Å². The minimum absolute atomic E-state index is 0.165. The number of nitrogens with zero attached hydrogens (tertiary/aromatic N) is 1. The largest absolute Gasteiger partial charge is 0.294 e. The van der Waals surface area contributed by atoms with Gasteiger partial charge in [-0.2, -0.15) is 0 Å². The fourth-order valence-electron chi connectivity index (χ4n) is 1.87. The van der Waals surface area contributed by atoms with E-state index in [0.717, 1.165) is 10.8 Å². The predicted molar refractivity (Wildman–Crippen MR) is 59.7 cm³/mol. The maximum atomic E-state index is 12.0. The molecular formula is C13H9NO. The number of aromatic nitrogens is 1. The molecule has 1 aliphatic carbocycles. The van der Waals surface area contributed by atoms with Crippen molar-refractivity contribution in [3.63, 3.8) is 0 Å². The Hall–Kier alpha value is -1.96. The molecule has 0 fully saturated rings. The van der Waals surface area contributed by atoms with E-state index >= 15 is 0 Å². The van der Waals surface area contributed by atoms with Crippen LogP contribution in [0.3, 0.4) is 0 Å². The lowest BCUT2D eigenvalue weighted by Crippen LogP contribution is -2.06. The molecule has 0 N–H and O–H groups in total. The van der Waals surface area contributed by atoms with Crippen LogP contribution in [0.5, 0.6) is 0 Å². The SMILES string of the molecule is [2H]C1C=Cc2ncc3ccccc3c2C1=O. The fourth-order valence-corrected chi connectivity index (χ4v) is 1.87. The first-order chi connectivity index (χ1) is 7.77. The Bertz CT molecular complexity index is 618. The molecule has 0 amide bonds. The summed E-state index contributed by atoms with van der Waals surface area (Å²) in [5, 5.41) is 1.83. The second-order valence-corrected chi connectivity index (χ2v) is 3.50. The lowest BCUT2D eigenvalue weighted by Gasteiger charge is -2.11. The normalized spacial score (nSPS) is 20.1. The molecule has 0 bridgehead atoms. The molecule has 0 saturated carbocycles. The van der Waals surface area contributed by atoms with E-state index in [4.69, 9.17) is 1.37 Å². The lowest BCUT2D eigenvalue weighted by molar-refractivity contribution is 0.0996. The number of ketones is 1. The van der Waals surface area contributed by atoms with Gasteiger partial charge in [0, 0.05) is 19.4 Å². The number of carbonyl (C=O) groups excluding carboxylic acids is 1. The molecule has 2 aromatic rings. The topological polar surface area (TPSA) is 30.0 Å². The molecule has 1 aliphatic rings. The van der Waals surface area contributed by atoms with Crippen molar-refractivity contribution in [1.82, 2.24) is 4.98 Å². The molecule has 1 heterocycles. The number of hydrogen-bond donors (Lipinski definition) is 0. The first kappa shape index (κ1) is 7.35. The molecule has 3 rings (SSSR count). The average molecular weight is 196 g/mol. The monoisotopic (exact) mass is 196 g/mol. The van der Waals surface area contributed by atoms with Gasteiger partial charge in [-0.05, 0) is 11.5 Å². The molecule has 0 saturated heterocycles. The van der Waals surface area contributed by atoms with Gasteiger partial charge in [0.25, 0.3) is 0 Å². The summed E-state index contributed by atoms with van der Waals surface area (Å²) in [4.78, 5) is 16.2. The summed E-state index contributed by atoms with van der Waals surface area (Å²) in [6.07, 6.45) is 4.30. The summed E-state index contributed by atoms with van der Waals surface area (Å²) in [6.45, 7) is 0. The summed E-state index contributed by atoms with van der Waals surface area (Å²) in [6, 6.07) is 7.64. The molecule has 2 nitrogen and oxygen atoms in total. The van der Waals surface area contributed by atoms with Crippen LogP contribution >= 0.6 is 0 Å². The molecule has 0 aliphatic heterocycles. The summed E-state index contributed by atoms with van der Waals surface area (Å²) in [5.74, 6) is -0.165. The van der Waals surface area contributed by atoms with Gasteiger partial charge in [-0.3, -0.25) is 9.78 Å². The van der Waals surface area contributed by atoms with Gasteiger partial charge in [-0.15, -0.1) is 0 Å². The fraction of sp³-hybridized carbons (Fsp3) is 0.0769. The molecule has 1 atom stereocenters. The molecule has 15 heavy (non-hydrogen) atoms. The highest BCUT2D eigenvalue weighted by Gasteiger charge is 2.16. The smallest absolute Gasteiger partial charge is 0.169 e. The molecule has 0 spiro atoms. The van der Waals surface area contributed by atoms with Crippen molar-refractivity contribution >= 4 is 22.6 Å². The minimum Gasteiger partial charge on any atom is -0.294 e. The van der Waals surface area contributed by atoms with Crippen LogP contribution in [0, 0.1) is 0 Å². The van der Waals surface area contributed by atoms with E-state index in [1.54, 1.807) is 18.3 Å². The van der Waals surface area contributed by atoms with Crippen LogP contribution in [0.4, 0.5) is 0 Å². The van der Waals surface area contributed by atoms with Crippen molar-refractivity contribution in [1.29, 1.82) is 0 Å². The molecule has 1 aromatic carbocycles. The second kappa shape index (κ2) is 3.02. The lowest BCUT2D eigenvalue weighted by atomic mass is 9.95. The summed E-state index contributed by atoms with van der Waals surface area (Å²) in [5.41, 5.74) is 1.26. The van der Waals surface area contributed by atoms with Crippen LogP contribution in [0.15, 0.2) is 36.5 Å². The van der Waals surface area contributed by atoms with Gasteiger partial charge in [0.05, 0.1) is 11.3 Å². The van der Waals surface area contributed by atoms with Gasteiger partial charge in [0.15, 0.2) is 5.78 Å². The number of rotatable bonds is 0. The third-order valence-corrected chi connectivity index (χ3v) is 2.58. The van der Waals surface area contributed by atoms with Gasteiger partial charge < -0.3 is 0 Å². The Labute approximate surface area is 88.7 Å². The van der Waals surface area contributed by atoms with Crippen molar-refractivity contribution in [3.05, 3.63) is 47.8 Å². The van der Waals surface area contributed by atoms with E-state index < -0.39 is 6.40 Å². The van der Waals surface area contributed by atoms with E-state index in [1.807, 2.05) is 24.3 Å². The maximum Gasteiger partial charge on any atom is 0.169 e. The standard InChI is InChI=1S/C13H9NO/c15-12-7-3-6-11-13(12)10-5-2-1-4-9(10)8-14-11/h1-6,8H,7H2/i7D. The van der Waals surface area contributed by atoms with Crippen LogP contribution < -0.4 is 0 Å². The zero-order valence-corrected chi connectivity index (χ0v) is 7.97. The van der Waals surface area contributed by atoms with Crippen molar-refractivity contribution < 1.29 is 6.17 Å². The third-order valence-electron chi connectivity index (χ3n) is 2.58. The molecule has 0 radical (unpaired) electrons. The van der Waals surface area contributed by atoms with Gasteiger partial charge >= 0.3 is 0 Å². The second-order valence-electron chi connectivity index (χ2n) is 3.50. The van der Waals surface area contributed by atoms with E-state index in [1.165, 1.54) is 0 Å². The highest BCUT2D eigenvalue weighted by Crippen LogP contribution is 2.25. The molecule has 72 valence electrons. The summed E-state index contributed by atoms with van der Waals surface area (Å²) < 4.78 is 7.62. The van der Waals surface area contributed by atoms with Crippen LogP contribution in [-0.2, 0) is 0 Å². The molecule has 2 heteroatoms. The Morgan fingerprint density at radius 2 is 2.20 bits per heavy atom. The number of benzene rings is 1.